The topological polar surface area (TPSA) is 61.4 Å². The van der Waals surface area contributed by atoms with Crippen LogP contribution < -0.4 is 15.5 Å². The highest BCUT2D eigenvalue weighted by Gasteiger charge is 2.15. The van der Waals surface area contributed by atoms with Crippen molar-refractivity contribution in [3.05, 3.63) is 57.6 Å². The van der Waals surface area contributed by atoms with Crippen LogP contribution in [0.4, 0.5) is 11.4 Å². The molecule has 1 heterocycles. The summed E-state index contributed by atoms with van der Waals surface area (Å²) < 4.78 is 0. The molecule has 1 aliphatic heterocycles. The molecule has 0 spiro atoms. The van der Waals surface area contributed by atoms with Crippen molar-refractivity contribution in [3.63, 3.8) is 0 Å². The number of nitrogens with one attached hydrogen (secondary N) is 2. The van der Waals surface area contributed by atoms with Gasteiger partial charge >= 0.3 is 0 Å². The molecule has 0 unspecified atom stereocenters. The van der Waals surface area contributed by atoms with Crippen molar-refractivity contribution in [2.45, 2.75) is 19.8 Å². The summed E-state index contributed by atoms with van der Waals surface area (Å²) in [5, 5.41) is 6.09. The smallest absolute Gasteiger partial charge is 0.253 e. The molecule has 0 radical (unpaired) electrons. The van der Waals surface area contributed by atoms with Crippen molar-refractivity contribution in [3.8, 4) is 0 Å². The second-order valence-electron chi connectivity index (χ2n) is 6.55. The fourth-order valence-electron chi connectivity index (χ4n) is 3.08. The fourth-order valence-corrected chi connectivity index (χ4v) is 3.58. The molecular weight excluding hydrogens is 385 g/mol. The first-order valence-corrected chi connectivity index (χ1v) is 9.58. The highest BCUT2D eigenvalue weighted by atomic mass is 35.5. The number of amides is 2. The van der Waals surface area contributed by atoms with Crippen LogP contribution in [-0.2, 0) is 4.79 Å². The van der Waals surface area contributed by atoms with Gasteiger partial charge < -0.3 is 15.5 Å². The molecule has 2 N–H and O–H groups in total. The molecule has 5 nitrogen and oxygen atoms in total. The number of anilines is 2. The van der Waals surface area contributed by atoms with Crippen molar-refractivity contribution in [2.24, 2.45) is 0 Å². The first-order chi connectivity index (χ1) is 12.9. The largest absolute Gasteiger partial charge is 0.372 e. The number of rotatable bonds is 5. The molecule has 1 fully saturated rings. The Labute approximate surface area is 168 Å². The number of hydrogen-bond acceptors (Lipinski definition) is 3. The zero-order chi connectivity index (χ0) is 19.4. The number of halogens is 2. The summed E-state index contributed by atoms with van der Waals surface area (Å²) in [5.74, 6) is -0.724. The van der Waals surface area contributed by atoms with E-state index >= 15 is 0 Å². The maximum Gasteiger partial charge on any atom is 0.253 e. The number of benzene rings is 2. The van der Waals surface area contributed by atoms with Crippen LogP contribution in [0.25, 0.3) is 0 Å². The molecule has 0 atom stereocenters. The highest BCUT2D eigenvalue weighted by molar-refractivity contribution is 6.36. The molecule has 1 aliphatic rings. The maximum absolute atomic E-state index is 12.2. The zero-order valence-electron chi connectivity index (χ0n) is 15.0. The summed E-state index contributed by atoms with van der Waals surface area (Å²) in [6, 6.07) is 10.6. The van der Waals surface area contributed by atoms with Crippen LogP contribution in [-0.4, -0.2) is 31.4 Å². The van der Waals surface area contributed by atoms with E-state index in [0.717, 1.165) is 24.3 Å². The van der Waals surface area contributed by atoms with E-state index in [1.165, 1.54) is 30.7 Å². The number of nitrogens with zero attached hydrogens (tertiary/aromatic N) is 1. The predicted octanol–water partition coefficient (Wildman–Crippen LogP) is 4.27. The first-order valence-electron chi connectivity index (χ1n) is 8.83. The Morgan fingerprint density at radius 2 is 1.81 bits per heavy atom. The Morgan fingerprint density at radius 1 is 1.07 bits per heavy atom. The lowest BCUT2D eigenvalue weighted by Crippen LogP contribution is -2.33. The minimum absolute atomic E-state index is 0.148. The maximum atomic E-state index is 12.2. The lowest BCUT2D eigenvalue weighted by atomic mass is 10.1. The quantitative estimate of drug-likeness (QED) is 0.780. The van der Waals surface area contributed by atoms with Crippen LogP contribution in [0.1, 0.15) is 28.8 Å². The third kappa shape index (κ3) is 4.93. The van der Waals surface area contributed by atoms with E-state index in [9.17, 15) is 9.59 Å². The van der Waals surface area contributed by atoms with Gasteiger partial charge in [-0.1, -0.05) is 23.2 Å². The SMILES string of the molecule is Cc1cc(N2CCCC2)ccc1NC(=O)CNC(=O)c1ccc(Cl)cc1Cl. The molecule has 1 saturated heterocycles. The average Bonchev–Trinajstić information content (AvgIpc) is 3.16. The normalized spacial score (nSPS) is 13.5. The van der Waals surface area contributed by atoms with E-state index in [1.807, 2.05) is 19.1 Å². The van der Waals surface area contributed by atoms with Crippen LogP contribution >= 0.6 is 23.2 Å². The molecule has 142 valence electrons. The van der Waals surface area contributed by atoms with Crippen LogP contribution in [0, 0.1) is 6.92 Å². The third-order valence-electron chi connectivity index (χ3n) is 4.54. The van der Waals surface area contributed by atoms with Gasteiger partial charge in [0.25, 0.3) is 5.91 Å². The summed E-state index contributed by atoms with van der Waals surface area (Å²) in [7, 11) is 0. The van der Waals surface area contributed by atoms with Gasteiger partial charge in [-0.15, -0.1) is 0 Å². The molecule has 2 amide bonds. The predicted molar refractivity (Wildman–Crippen MR) is 110 cm³/mol. The van der Waals surface area contributed by atoms with Crippen molar-refractivity contribution in [2.75, 3.05) is 29.9 Å². The fraction of sp³-hybridized carbons (Fsp3) is 0.300. The van der Waals surface area contributed by atoms with Gasteiger partial charge in [0.15, 0.2) is 0 Å². The van der Waals surface area contributed by atoms with Crippen molar-refractivity contribution < 1.29 is 9.59 Å². The summed E-state index contributed by atoms with van der Waals surface area (Å²) in [6.45, 7) is 3.96. The van der Waals surface area contributed by atoms with E-state index in [-0.39, 0.29) is 23.0 Å². The molecule has 3 rings (SSSR count). The molecule has 2 aromatic carbocycles. The van der Waals surface area contributed by atoms with Gasteiger partial charge in [0.1, 0.15) is 0 Å². The Bertz CT molecular complexity index is 864. The lowest BCUT2D eigenvalue weighted by molar-refractivity contribution is -0.115. The third-order valence-corrected chi connectivity index (χ3v) is 5.09. The number of carbonyl (C=O) groups excluding carboxylic acids is 2. The summed E-state index contributed by atoms with van der Waals surface area (Å²) >= 11 is 11.8. The Hall–Kier alpha value is -2.24. The molecule has 0 aliphatic carbocycles. The second kappa shape index (κ2) is 8.63. The molecular formula is C20H21Cl2N3O2. The molecule has 7 heteroatoms. The van der Waals surface area contributed by atoms with Crippen LogP contribution in [0.2, 0.25) is 10.0 Å². The molecule has 2 aromatic rings. The van der Waals surface area contributed by atoms with Crippen LogP contribution in [0.5, 0.6) is 0 Å². The monoisotopic (exact) mass is 405 g/mol. The Balaban J connectivity index is 1.56. The minimum atomic E-state index is -0.423. The average molecular weight is 406 g/mol. The number of hydrogen-bond donors (Lipinski definition) is 2. The van der Waals surface area contributed by atoms with E-state index in [1.54, 1.807) is 6.07 Å². The van der Waals surface area contributed by atoms with Crippen LogP contribution in [0.3, 0.4) is 0 Å². The van der Waals surface area contributed by atoms with E-state index in [2.05, 4.69) is 21.6 Å². The molecule has 0 saturated carbocycles. The van der Waals surface area contributed by atoms with Gasteiger partial charge in [-0.3, -0.25) is 9.59 Å². The lowest BCUT2D eigenvalue weighted by Gasteiger charge is -2.19. The first kappa shape index (κ1) is 19.5. The van der Waals surface area contributed by atoms with E-state index in [0.29, 0.717) is 5.02 Å². The Morgan fingerprint density at radius 3 is 2.48 bits per heavy atom. The molecule has 0 aromatic heterocycles. The van der Waals surface area contributed by atoms with Crippen molar-refractivity contribution in [1.29, 1.82) is 0 Å². The number of carbonyl (C=O) groups is 2. The highest BCUT2D eigenvalue weighted by Crippen LogP contribution is 2.25. The minimum Gasteiger partial charge on any atom is -0.372 e. The molecule has 0 bridgehead atoms. The van der Waals surface area contributed by atoms with Gasteiger partial charge in [-0.2, -0.15) is 0 Å². The number of aryl methyl sites for hydroxylation is 1. The van der Waals surface area contributed by atoms with Gasteiger partial charge in [-0.25, -0.2) is 0 Å². The van der Waals surface area contributed by atoms with Gasteiger partial charge in [0, 0.05) is 29.5 Å². The summed E-state index contributed by atoms with van der Waals surface area (Å²) in [5.41, 5.74) is 3.18. The van der Waals surface area contributed by atoms with Gasteiger partial charge in [0.05, 0.1) is 17.1 Å². The van der Waals surface area contributed by atoms with E-state index < -0.39 is 5.91 Å². The van der Waals surface area contributed by atoms with Crippen molar-refractivity contribution >= 4 is 46.4 Å². The zero-order valence-corrected chi connectivity index (χ0v) is 16.5. The van der Waals surface area contributed by atoms with Crippen molar-refractivity contribution in [1.82, 2.24) is 5.32 Å². The van der Waals surface area contributed by atoms with Gasteiger partial charge in [0.2, 0.25) is 5.91 Å². The van der Waals surface area contributed by atoms with Crippen LogP contribution in [0.15, 0.2) is 36.4 Å². The Kier molecular flexibility index (Phi) is 6.24. The second-order valence-corrected chi connectivity index (χ2v) is 7.39. The summed E-state index contributed by atoms with van der Waals surface area (Å²) in [4.78, 5) is 26.7. The van der Waals surface area contributed by atoms with E-state index in [4.69, 9.17) is 23.2 Å². The summed E-state index contributed by atoms with van der Waals surface area (Å²) in [6.07, 6.45) is 2.43. The van der Waals surface area contributed by atoms with Gasteiger partial charge in [-0.05, 0) is 61.7 Å². The standard InChI is InChI=1S/C20H21Cl2N3O2/c1-13-10-15(25-8-2-3-9-25)5-7-18(13)24-19(26)12-23-20(27)16-6-4-14(21)11-17(16)22/h4-7,10-11H,2-3,8-9,12H2,1H3,(H,23,27)(H,24,26). The molecule has 27 heavy (non-hydrogen) atoms.